The van der Waals surface area contributed by atoms with Crippen molar-refractivity contribution in [3.8, 4) is 5.75 Å². The molecule has 110 valence electrons. The number of phenols is 1. The van der Waals surface area contributed by atoms with Gasteiger partial charge in [0.25, 0.3) is 0 Å². The number of carbonyl (C=O) groups is 2. The van der Waals surface area contributed by atoms with Crippen LogP contribution in [0.4, 0.5) is 4.79 Å². The molecule has 0 bridgehead atoms. The number of hydroxylamine groups is 1. The second-order valence-corrected chi connectivity index (χ2v) is 5.00. The maximum Gasteiger partial charge on any atom is 0.431 e. The minimum Gasteiger partial charge on any atom is -0.508 e. The van der Waals surface area contributed by atoms with Crippen LogP contribution in [0, 0.1) is 0 Å². The third-order valence-electron chi connectivity index (χ3n) is 2.10. The molecule has 7 heteroatoms. The van der Waals surface area contributed by atoms with Crippen LogP contribution in [0.3, 0.4) is 0 Å². The Kier molecular flexibility index (Phi) is 4.93. The number of rotatable bonds is 4. The summed E-state index contributed by atoms with van der Waals surface area (Å²) in [5.41, 5.74) is 1.18. The lowest BCUT2D eigenvalue weighted by Gasteiger charge is -2.21. The summed E-state index contributed by atoms with van der Waals surface area (Å²) in [4.78, 5) is 27.3. The van der Waals surface area contributed by atoms with Gasteiger partial charge >= 0.3 is 12.1 Å². The van der Waals surface area contributed by atoms with E-state index in [-0.39, 0.29) is 11.3 Å². The van der Waals surface area contributed by atoms with Crippen molar-refractivity contribution in [3.63, 3.8) is 0 Å². The van der Waals surface area contributed by atoms with Crippen LogP contribution in [0.2, 0.25) is 0 Å². The van der Waals surface area contributed by atoms with Gasteiger partial charge in [0.2, 0.25) is 6.10 Å². The third-order valence-corrected chi connectivity index (χ3v) is 2.10. The number of nitrogens with one attached hydrogen (secondary N) is 1. The molecule has 0 aliphatic carbocycles. The van der Waals surface area contributed by atoms with Crippen molar-refractivity contribution < 1.29 is 29.4 Å². The number of ether oxygens (including phenoxy) is 1. The van der Waals surface area contributed by atoms with E-state index in [4.69, 9.17) is 14.7 Å². The maximum absolute atomic E-state index is 11.4. The summed E-state index contributed by atoms with van der Waals surface area (Å²) < 4.78 is 4.90. The molecule has 0 saturated carbocycles. The van der Waals surface area contributed by atoms with Gasteiger partial charge in [-0.05, 0) is 26.8 Å². The van der Waals surface area contributed by atoms with E-state index in [1.165, 1.54) is 12.1 Å². The molecule has 3 N–H and O–H groups in total. The summed E-state index contributed by atoms with van der Waals surface area (Å²) in [6, 6.07) is 5.79. The van der Waals surface area contributed by atoms with Gasteiger partial charge < -0.3 is 14.9 Å². The average Bonchev–Trinajstić information content (AvgIpc) is 2.28. The molecule has 0 fully saturated rings. The number of para-hydroxylation sites is 1. The van der Waals surface area contributed by atoms with E-state index in [9.17, 15) is 14.7 Å². The number of hydrogen-bond donors (Lipinski definition) is 3. The van der Waals surface area contributed by atoms with E-state index in [1.807, 2.05) is 5.48 Å². The average molecular weight is 283 g/mol. The van der Waals surface area contributed by atoms with Crippen molar-refractivity contribution in [2.75, 3.05) is 0 Å². The van der Waals surface area contributed by atoms with Crippen molar-refractivity contribution in [1.82, 2.24) is 5.48 Å². The standard InChI is InChI=1S/C13H17NO6/c1-13(2,3)19-12(18)14-20-10(11(16)17)8-6-4-5-7-9(8)15/h4-7,10,15H,1-3H3,(H,14,18)(H,16,17). The number of benzene rings is 1. The number of carboxylic acids is 1. The van der Waals surface area contributed by atoms with E-state index < -0.39 is 23.8 Å². The van der Waals surface area contributed by atoms with Crippen LogP contribution in [0.15, 0.2) is 24.3 Å². The Bertz CT molecular complexity index is 494. The van der Waals surface area contributed by atoms with Crippen molar-refractivity contribution in [1.29, 1.82) is 0 Å². The Morgan fingerprint density at radius 1 is 1.25 bits per heavy atom. The van der Waals surface area contributed by atoms with Crippen LogP contribution in [-0.2, 0) is 14.4 Å². The molecule has 0 aliphatic heterocycles. The quantitative estimate of drug-likeness (QED) is 0.730. The van der Waals surface area contributed by atoms with Gasteiger partial charge in [0.15, 0.2) is 0 Å². The summed E-state index contributed by atoms with van der Waals surface area (Å²) in [7, 11) is 0. The van der Waals surface area contributed by atoms with E-state index in [0.717, 1.165) is 0 Å². The van der Waals surface area contributed by atoms with E-state index >= 15 is 0 Å². The molecule has 0 aromatic heterocycles. The van der Waals surface area contributed by atoms with Crippen molar-refractivity contribution in [2.45, 2.75) is 32.5 Å². The summed E-state index contributed by atoms with van der Waals surface area (Å²) >= 11 is 0. The van der Waals surface area contributed by atoms with E-state index in [1.54, 1.807) is 32.9 Å². The normalized spacial score (nSPS) is 12.6. The number of hydrogen-bond acceptors (Lipinski definition) is 5. The molecular formula is C13H17NO6. The predicted molar refractivity (Wildman–Crippen MR) is 68.9 cm³/mol. The Balaban J connectivity index is 2.73. The van der Waals surface area contributed by atoms with Crippen molar-refractivity contribution in [3.05, 3.63) is 29.8 Å². The van der Waals surface area contributed by atoms with Gasteiger partial charge in [-0.1, -0.05) is 18.2 Å². The highest BCUT2D eigenvalue weighted by atomic mass is 16.7. The number of aliphatic carboxylic acids is 1. The highest BCUT2D eigenvalue weighted by Crippen LogP contribution is 2.26. The Hall–Kier alpha value is -2.28. The summed E-state index contributed by atoms with van der Waals surface area (Å²) in [5.74, 6) is -1.60. The lowest BCUT2D eigenvalue weighted by atomic mass is 10.1. The maximum atomic E-state index is 11.4. The van der Waals surface area contributed by atoms with Crippen LogP contribution >= 0.6 is 0 Å². The number of carboxylic acid groups (broad SMARTS) is 1. The Morgan fingerprint density at radius 2 is 1.85 bits per heavy atom. The van der Waals surface area contributed by atoms with Gasteiger partial charge in [-0.2, -0.15) is 5.48 Å². The highest BCUT2D eigenvalue weighted by Gasteiger charge is 2.26. The minimum absolute atomic E-state index is 0.0241. The van der Waals surface area contributed by atoms with Crippen LogP contribution in [0.1, 0.15) is 32.4 Å². The largest absolute Gasteiger partial charge is 0.508 e. The van der Waals surface area contributed by atoms with Crippen LogP contribution in [-0.4, -0.2) is 27.9 Å². The van der Waals surface area contributed by atoms with Gasteiger partial charge in [0.05, 0.1) is 0 Å². The molecular weight excluding hydrogens is 266 g/mol. The van der Waals surface area contributed by atoms with Crippen LogP contribution in [0.25, 0.3) is 0 Å². The predicted octanol–water partition coefficient (Wildman–Crippen LogP) is 1.97. The molecule has 0 heterocycles. The zero-order chi connectivity index (χ0) is 15.3. The lowest BCUT2D eigenvalue weighted by Crippen LogP contribution is -2.34. The molecule has 1 rings (SSSR count). The van der Waals surface area contributed by atoms with E-state index in [0.29, 0.717) is 0 Å². The molecule has 0 aliphatic rings. The van der Waals surface area contributed by atoms with Crippen molar-refractivity contribution in [2.24, 2.45) is 0 Å². The zero-order valence-corrected chi connectivity index (χ0v) is 11.4. The molecule has 20 heavy (non-hydrogen) atoms. The number of amides is 1. The highest BCUT2D eigenvalue weighted by molar-refractivity contribution is 5.76. The fourth-order valence-electron chi connectivity index (χ4n) is 1.36. The SMILES string of the molecule is CC(C)(C)OC(=O)NOC(C(=O)O)c1ccccc1O. The number of aromatic hydroxyl groups is 1. The summed E-state index contributed by atoms with van der Waals surface area (Å²) in [6.07, 6.45) is -2.46. The Labute approximate surface area is 116 Å². The van der Waals surface area contributed by atoms with Crippen molar-refractivity contribution >= 4 is 12.1 Å². The Morgan fingerprint density at radius 3 is 2.35 bits per heavy atom. The molecule has 1 aromatic carbocycles. The first kappa shape index (κ1) is 15.8. The van der Waals surface area contributed by atoms with E-state index in [2.05, 4.69) is 0 Å². The van der Waals surface area contributed by atoms with Gasteiger partial charge in [0, 0.05) is 5.56 Å². The summed E-state index contributed by atoms with van der Waals surface area (Å²) in [6.45, 7) is 4.97. The number of carbonyl (C=O) groups excluding carboxylic acids is 1. The molecule has 0 saturated heterocycles. The van der Waals surface area contributed by atoms with Crippen LogP contribution in [0.5, 0.6) is 5.75 Å². The molecule has 0 spiro atoms. The molecule has 1 aromatic rings. The number of phenolic OH excluding ortho intramolecular Hbond substituents is 1. The first-order valence-electron chi connectivity index (χ1n) is 5.86. The zero-order valence-electron chi connectivity index (χ0n) is 11.4. The molecule has 7 nitrogen and oxygen atoms in total. The van der Waals surface area contributed by atoms with Gasteiger partial charge in [-0.25, -0.2) is 9.59 Å². The second kappa shape index (κ2) is 6.25. The lowest BCUT2D eigenvalue weighted by molar-refractivity contribution is -0.155. The van der Waals surface area contributed by atoms with Gasteiger partial charge in [0.1, 0.15) is 11.4 Å². The molecule has 1 amide bonds. The topological polar surface area (TPSA) is 105 Å². The second-order valence-electron chi connectivity index (χ2n) is 5.00. The third kappa shape index (κ3) is 4.77. The fourth-order valence-corrected chi connectivity index (χ4v) is 1.36. The smallest absolute Gasteiger partial charge is 0.431 e. The molecule has 0 radical (unpaired) electrons. The molecule has 1 atom stereocenters. The molecule has 1 unspecified atom stereocenters. The first-order chi connectivity index (χ1) is 9.20. The summed E-state index contributed by atoms with van der Waals surface area (Å²) in [5, 5.41) is 18.7. The van der Waals surface area contributed by atoms with Gasteiger partial charge in [-0.15, -0.1) is 0 Å². The van der Waals surface area contributed by atoms with Crippen LogP contribution < -0.4 is 5.48 Å². The van der Waals surface area contributed by atoms with Gasteiger partial charge in [-0.3, -0.25) is 4.84 Å². The monoisotopic (exact) mass is 283 g/mol. The minimum atomic E-state index is -1.54. The first-order valence-corrected chi connectivity index (χ1v) is 5.86. The fraction of sp³-hybridized carbons (Fsp3) is 0.385.